The van der Waals surface area contributed by atoms with Gasteiger partial charge in [0.15, 0.2) is 0 Å². The van der Waals surface area contributed by atoms with Crippen LogP contribution in [0.1, 0.15) is 37.2 Å². The van der Waals surface area contributed by atoms with Crippen molar-refractivity contribution in [1.29, 1.82) is 0 Å². The summed E-state index contributed by atoms with van der Waals surface area (Å²) in [5.74, 6) is 1.77. The second kappa shape index (κ2) is 2.76. The topological polar surface area (TPSA) is 9.23 Å². The molecular formula is C12H13O. The standard InChI is InChI=1S/C12H13O/c1-3-7-11-9(5-1)10-6-2-4-8-12(10)13-11/h4,6,8-9,11H,1,3,5,7H2. The van der Waals surface area contributed by atoms with Gasteiger partial charge in [-0.3, -0.25) is 0 Å². The largest absolute Gasteiger partial charge is 0.489 e. The third-order valence-electron chi connectivity index (χ3n) is 3.23. The Morgan fingerprint density at radius 3 is 3.23 bits per heavy atom. The molecule has 0 amide bonds. The minimum absolute atomic E-state index is 0.472. The molecule has 1 fully saturated rings. The molecule has 1 heteroatoms. The van der Waals surface area contributed by atoms with Crippen molar-refractivity contribution in [3.8, 4) is 5.75 Å². The molecule has 1 aliphatic carbocycles. The van der Waals surface area contributed by atoms with E-state index in [4.69, 9.17) is 4.74 Å². The highest BCUT2D eigenvalue weighted by Crippen LogP contribution is 2.44. The van der Waals surface area contributed by atoms with Crippen molar-refractivity contribution in [2.24, 2.45) is 0 Å². The van der Waals surface area contributed by atoms with Crippen LogP contribution in [-0.2, 0) is 0 Å². The van der Waals surface area contributed by atoms with E-state index in [-0.39, 0.29) is 0 Å². The highest BCUT2D eigenvalue weighted by molar-refractivity contribution is 5.40. The Balaban J connectivity index is 2.01. The second-order valence-corrected chi connectivity index (χ2v) is 4.01. The summed E-state index contributed by atoms with van der Waals surface area (Å²) >= 11 is 0. The molecule has 67 valence electrons. The van der Waals surface area contributed by atoms with Gasteiger partial charge in [-0.05, 0) is 37.5 Å². The van der Waals surface area contributed by atoms with Crippen LogP contribution in [0, 0.1) is 6.07 Å². The first-order valence-electron chi connectivity index (χ1n) is 5.12. The Hall–Kier alpha value is -0.980. The molecule has 13 heavy (non-hydrogen) atoms. The Morgan fingerprint density at radius 2 is 2.23 bits per heavy atom. The van der Waals surface area contributed by atoms with Crippen LogP contribution in [0.25, 0.3) is 0 Å². The normalized spacial score (nSPS) is 30.5. The van der Waals surface area contributed by atoms with Crippen molar-refractivity contribution in [2.75, 3.05) is 0 Å². The molecule has 1 aromatic carbocycles. The third kappa shape index (κ3) is 1.06. The first kappa shape index (κ1) is 7.43. The summed E-state index contributed by atoms with van der Waals surface area (Å²) in [7, 11) is 0. The Labute approximate surface area is 78.7 Å². The van der Waals surface area contributed by atoms with Gasteiger partial charge in [-0.1, -0.05) is 12.5 Å². The molecule has 1 radical (unpaired) electrons. The van der Waals surface area contributed by atoms with Gasteiger partial charge in [0.25, 0.3) is 0 Å². The monoisotopic (exact) mass is 173 g/mol. The summed E-state index contributed by atoms with van der Waals surface area (Å²) in [5.41, 5.74) is 1.40. The number of rotatable bonds is 0. The fourth-order valence-corrected chi connectivity index (χ4v) is 2.58. The van der Waals surface area contributed by atoms with Crippen molar-refractivity contribution in [3.63, 3.8) is 0 Å². The van der Waals surface area contributed by atoms with Crippen LogP contribution < -0.4 is 4.74 Å². The van der Waals surface area contributed by atoms with Crippen molar-refractivity contribution in [3.05, 3.63) is 29.8 Å². The Morgan fingerprint density at radius 1 is 1.31 bits per heavy atom. The van der Waals surface area contributed by atoms with Crippen LogP contribution in [0.2, 0.25) is 0 Å². The number of benzene rings is 1. The predicted molar refractivity (Wildman–Crippen MR) is 50.9 cm³/mol. The lowest BCUT2D eigenvalue weighted by molar-refractivity contribution is 0.164. The molecule has 0 spiro atoms. The van der Waals surface area contributed by atoms with E-state index in [2.05, 4.69) is 12.1 Å². The van der Waals surface area contributed by atoms with E-state index in [1.807, 2.05) is 12.1 Å². The predicted octanol–water partition coefficient (Wildman–Crippen LogP) is 2.91. The van der Waals surface area contributed by atoms with Gasteiger partial charge in [0.2, 0.25) is 0 Å². The molecule has 0 bridgehead atoms. The fraction of sp³-hybridized carbons (Fsp3) is 0.500. The van der Waals surface area contributed by atoms with Gasteiger partial charge in [-0.2, -0.15) is 0 Å². The number of ether oxygens (including phenoxy) is 1. The molecule has 2 atom stereocenters. The smallest absolute Gasteiger partial charge is 0.123 e. The maximum Gasteiger partial charge on any atom is 0.123 e. The van der Waals surface area contributed by atoms with Gasteiger partial charge in [0, 0.05) is 11.5 Å². The molecule has 0 saturated heterocycles. The van der Waals surface area contributed by atoms with Crippen LogP contribution >= 0.6 is 0 Å². The average Bonchev–Trinajstić information content (AvgIpc) is 2.56. The minimum Gasteiger partial charge on any atom is -0.489 e. The van der Waals surface area contributed by atoms with Gasteiger partial charge in [-0.25, -0.2) is 0 Å². The van der Waals surface area contributed by atoms with Gasteiger partial charge in [0.1, 0.15) is 11.9 Å². The zero-order valence-electron chi connectivity index (χ0n) is 7.62. The van der Waals surface area contributed by atoms with Crippen LogP contribution in [0.4, 0.5) is 0 Å². The van der Waals surface area contributed by atoms with Crippen LogP contribution in [0.5, 0.6) is 5.75 Å². The molecule has 1 aliphatic heterocycles. The molecule has 0 aromatic heterocycles. The number of hydrogen-bond donors (Lipinski definition) is 0. The maximum absolute atomic E-state index is 5.89. The molecule has 1 nitrogen and oxygen atoms in total. The Bertz CT molecular complexity index is 319. The van der Waals surface area contributed by atoms with Gasteiger partial charge in [-0.15, -0.1) is 0 Å². The zero-order valence-corrected chi connectivity index (χ0v) is 7.62. The zero-order chi connectivity index (χ0) is 8.67. The van der Waals surface area contributed by atoms with Gasteiger partial charge < -0.3 is 4.74 Å². The van der Waals surface area contributed by atoms with Crippen molar-refractivity contribution < 1.29 is 4.74 Å². The van der Waals surface area contributed by atoms with E-state index in [0.29, 0.717) is 12.0 Å². The highest BCUT2D eigenvalue weighted by atomic mass is 16.5. The van der Waals surface area contributed by atoms with E-state index in [0.717, 1.165) is 5.75 Å². The lowest BCUT2D eigenvalue weighted by Crippen LogP contribution is -2.22. The summed E-state index contributed by atoms with van der Waals surface area (Å²) in [5, 5.41) is 0. The number of hydrogen-bond acceptors (Lipinski definition) is 1. The summed E-state index contributed by atoms with van der Waals surface area (Å²) in [6.45, 7) is 0. The van der Waals surface area contributed by atoms with Crippen molar-refractivity contribution in [2.45, 2.75) is 37.7 Å². The van der Waals surface area contributed by atoms with E-state index >= 15 is 0 Å². The van der Waals surface area contributed by atoms with E-state index in [9.17, 15) is 0 Å². The van der Waals surface area contributed by atoms with Crippen molar-refractivity contribution >= 4 is 0 Å². The van der Waals surface area contributed by atoms with Gasteiger partial charge in [0.05, 0.1) is 0 Å². The van der Waals surface area contributed by atoms with E-state index in [1.54, 1.807) is 0 Å². The molecule has 1 saturated carbocycles. The van der Waals surface area contributed by atoms with Crippen LogP contribution in [-0.4, -0.2) is 6.10 Å². The first-order chi connectivity index (χ1) is 6.45. The Kier molecular flexibility index (Phi) is 1.58. The lowest BCUT2D eigenvalue weighted by atomic mass is 9.83. The summed E-state index contributed by atoms with van der Waals surface area (Å²) < 4.78 is 5.89. The van der Waals surface area contributed by atoms with Crippen LogP contribution in [0.15, 0.2) is 18.2 Å². The van der Waals surface area contributed by atoms with E-state index in [1.165, 1.54) is 31.2 Å². The molecular weight excluding hydrogens is 160 g/mol. The molecule has 1 heterocycles. The lowest BCUT2D eigenvalue weighted by Gasteiger charge is -2.23. The summed E-state index contributed by atoms with van der Waals surface area (Å²) in [4.78, 5) is 0. The number of fused-ring (bicyclic) bond motifs is 3. The fourth-order valence-electron chi connectivity index (χ4n) is 2.58. The van der Waals surface area contributed by atoms with Crippen molar-refractivity contribution in [1.82, 2.24) is 0 Å². The SMILES string of the molecule is [c]1ccc2c(c1)C1CCCCC1O2. The molecule has 2 aliphatic rings. The first-order valence-corrected chi connectivity index (χ1v) is 5.12. The third-order valence-corrected chi connectivity index (χ3v) is 3.23. The maximum atomic E-state index is 5.89. The average molecular weight is 173 g/mol. The minimum atomic E-state index is 0.472. The summed E-state index contributed by atoms with van der Waals surface area (Å²) in [6.07, 6.45) is 5.70. The molecule has 1 aromatic rings. The summed E-state index contributed by atoms with van der Waals surface area (Å²) in [6, 6.07) is 9.24. The molecule has 0 N–H and O–H groups in total. The van der Waals surface area contributed by atoms with E-state index < -0.39 is 0 Å². The second-order valence-electron chi connectivity index (χ2n) is 4.01. The molecule has 2 unspecified atom stereocenters. The quantitative estimate of drug-likeness (QED) is 0.586. The van der Waals surface area contributed by atoms with Gasteiger partial charge >= 0.3 is 0 Å². The molecule has 3 rings (SSSR count). The highest BCUT2D eigenvalue weighted by Gasteiger charge is 2.35. The van der Waals surface area contributed by atoms with Crippen LogP contribution in [0.3, 0.4) is 0 Å².